The molecule has 0 aromatic carbocycles. The van der Waals surface area contributed by atoms with Crippen molar-refractivity contribution in [2.45, 2.75) is 58.9 Å². The fourth-order valence-electron chi connectivity index (χ4n) is 1.78. The lowest BCUT2D eigenvalue weighted by Gasteiger charge is -2.24. The normalized spacial score (nSPS) is 12.0. The van der Waals surface area contributed by atoms with E-state index in [-0.39, 0.29) is 5.41 Å². The van der Waals surface area contributed by atoms with Crippen molar-refractivity contribution in [1.29, 1.82) is 0 Å². The summed E-state index contributed by atoms with van der Waals surface area (Å²) in [6.45, 7) is 7.57. The van der Waals surface area contributed by atoms with Crippen molar-refractivity contribution >= 4 is 11.6 Å². The molecule has 0 spiro atoms. The summed E-state index contributed by atoms with van der Waals surface area (Å²) in [5.41, 5.74) is 0.228. The lowest BCUT2D eigenvalue weighted by Crippen LogP contribution is -2.22. The molecule has 0 aliphatic rings. The van der Waals surface area contributed by atoms with Gasteiger partial charge in [0.15, 0.2) is 5.82 Å². The highest BCUT2D eigenvalue weighted by molar-refractivity contribution is 6.16. The van der Waals surface area contributed by atoms with E-state index >= 15 is 0 Å². The van der Waals surface area contributed by atoms with Gasteiger partial charge < -0.3 is 0 Å². The Kier molecular flexibility index (Phi) is 5.19. The summed E-state index contributed by atoms with van der Waals surface area (Å²) in [6, 6.07) is 0. The second kappa shape index (κ2) is 6.18. The van der Waals surface area contributed by atoms with Gasteiger partial charge in [-0.1, -0.05) is 40.0 Å². The lowest BCUT2D eigenvalue weighted by atomic mass is 9.87. The van der Waals surface area contributed by atoms with E-state index in [2.05, 4.69) is 36.3 Å². The molecule has 1 aromatic heterocycles. The number of alkyl halides is 1. The number of unbranched alkanes of at least 4 members (excludes halogenated alkanes) is 2. The van der Waals surface area contributed by atoms with Crippen LogP contribution in [0.5, 0.6) is 0 Å². The fourth-order valence-corrected chi connectivity index (χ4v) is 1.97. The van der Waals surface area contributed by atoms with Crippen LogP contribution < -0.4 is 0 Å². The number of hydrogen-bond donors (Lipinski definition) is 0. The van der Waals surface area contributed by atoms with E-state index in [0.29, 0.717) is 5.88 Å². The minimum atomic E-state index is 0.228. The summed E-state index contributed by atoms with van der Waals surface area (Å²) in [5, 5.41) is 11.5. The average Bonchev–Trinajstić information content (AvgIpc) is 2.64. The van der Waals surface area contributed by atoms with E-state index < -0.39 is 0 Å². The van der Waals surface area contributed by atoms with Gasteiger partial charge >= 0.3 is 0 Å². The van der Waals surface area contributed by atoms with Gasteiger partial charge in [0, 0.05) is 6.54 Å². The maximum atomic E-state index is 5.77. The van der Waals surface area contributed by atoms with Crippen molar-refractivity contribution in [2.24, 2.45) is 5.41 Å². The molecule has 16 heavy (non-hydrogen) atoms. The first kappa shape index (κ1) is 13.4. The molecule has 1 heterocycles. The number of halogens is 1. The van der Waals surface area contributed by atoms with E-state index in [4.69, 9.17) is 11.6 Å². The van der Waals surface area contributed by atoms with Crippen molar-refractivity contribution in [3.8, 4) is 0 Å². The largest absolute Gasteiger partial charge is 0.228 e. The third-order valence-electron chi connectivity index (χ3n) is 2.76. The second-order valence-corrected chi connectivity index (χ2v) is 5.27. The minimum Gasteiger partial charge on any atom is -0.228 e. The Balaban J connectivity index is 2.51. The summed E-state index contributed by atoms with van der Waals surface area (Å²) < 4.78 is 1.82. The molecule has 0 N–H and O–H groups in total. The van der Waals surface area contributed by atoms with Gasteiger partial charge in [-0.05, 0) is 22.3 Å². The summed E-state index contributed by atoms with van der Waals surface area (Å²) in [7, 11) is 0. The smallest absolute Gasteiger partial charge is 0.166 e. The van der Waals surface area contributed by atoms with E-state index in [1.54, 1.807) is 0 Å². The molecule has 0 aliphatic heterocycles. The van der Waals surface area contributed by atoms with Crippen LogP contribution in [0.25, 0.3) is 0 Å². The summed E-state index contributed by atoms with van der Waals surface area (Å²) in [5.74, 6) is 1.13. The monoisotopic (exact) mass is 244 g/mol. The molecule has 0 amide bonds. The first-order valence-electron chi connectivity index (χ1n) is 5.90. The Morgan fingerprint density at radius 3 is 2.69 bits per heavy atom. The zero-order valence-electron chi connectivity index (χ0n) is 10.4. The molecule has 4 nitrogen and oxygen atoms in total. The van der Waals surface area contributed by atoms with Crippen molar-refractivity contribution in [3.63, 3.8) is 0 Å². The maximum Gasteiger partial charge on any atom is 0.166 e. The molecule has 5 heteroatoms. The van der Waals surface area contributed by atoms with E-state index in [1.165, 1.54) is 25.7 Å². The Hall–Kier alpha value is -0.640. The highest BCUT2D eigenvalue weighted by atomic mass is 35.5. The van der Waals surface area contributed by atoms with Crippen molar-refractivity contribution in [1.82, 2.24) is 20.2 Å². The van der Waals surface area contributed by atoms with Crippen LogP contribution in [0.3, 0.4) is 0 Å². The number of aromatic nitrogens is 4. The second-order valence-electron chi connectivity index (χ2n) is 5.01. The van der Waals surface area contributed by atoms with Crippen molar-refractivity contribution in [3.05, 3.63) is 5.82 Å². The van der Waals surface area contributed by atoms with Crippen LogP contribution >= 0.6 is 11.6 Å². The van der Waals surface area contributed by atoms with Crippen LogP contribution in [0.1, 0.15) is 52.3 Å². The third kappa shape index (κ3) is 4.08. The Morgan fingerprint density at radius 2 is 2.06 bits per heavy atom. The third-order valence-corrected chi connectivity index (χ3v) is 3.00. The van der Waals surface area contributed by atoms with Gasteiger partial charge in [-0.15, -0.1) is 16.7 Å². The van der Waals surface area contributed by atoms with Gasteiger partial charge in [0.1, 0.15) is 0 Å². The molecule has 0 fully saturated rings. The maximum absolute atomic E-state index is 5.77. The summed E-state index contributed by atoms with van der Waals surface area (Å²) in [4.78, 5) is 0. The van der Waals surface area contributed by atoms with E-state index in [0.717, 1.165) is 12.4 Å². The van der Waals surface area contributed by atoms with Crippen LogP contribution in [0.15, 0.2) is 0 Å². The number of tetrazole rings is 1. The number of rotatable bonds is 7. The molecule has 0 saturated heterocycles. The van der Waals surface area contributed by atoms with Crippen LogP contribution in [0.4, 0.5) is 0 Å². The number of nitrogens with zero attached hydrogens (tertiary/aromatic N) is 4. The molecular formula is C11H21ClN4. The first-order chi connectivity index (χ1) is 7.59. The Bertz CT molecular complexity index is 309. The molecule has 0 saturated carbocycles. The summed E-state index contributed by atoms with van der Waals surface area (Å²) in [6.07, 6.45) is 5.01. The molecule has 0 radical (unpaired) electrons. The average molecular weight is 245 g/mol. The van der Waals surface area contributed by atoms with E-state index in [9.17, 15) is 0 Å². The minimum absolute atomic E-state index is 0.228. The molecule has 1 rings (SSSR count). The Labute approximate surface area is 102 Å². The quantitative estimate of drug-likeness (QED) is 0.547. The van der Waals surface area contributed by atoms with E-state index in [1.807, 2.05) is 4.68 Å². The molecular weight excluding hydrogens is 224 g/mol. The predicted molar refractivity (Wildman–Crippen MR) is 65.3 cm³/mol. The highest BCUT2D eigenvalue weighted by Crippen LogP contribution is 2.26. The molecule has 0 atom stereocenters. The predicted octanol–water partition coefficient (Wildman–Crippen LogP) is 3.02. The lowest BCUT2D eigenvalue weighted by molar-refractivity contribution is 0.254. The molecule has 0 unspecified atom stereocenters. The van der Waals surface area contributed by atoms with Crippen LogP contribution in [0, 0.1) is 5.41 Å². The topological polar surface area (TPSA) is 43.6 Å². The molecule has 0 bridgehead atoms. The van der Waals surface area contributed by atoms with Crippen LogP contribution in [0.2, 0.25) is 0 Å². The molecule has 1 aromatic rings. The van der Waals surface area contributed by atoms with Crippen LogP contribution in [-0.2, 0) is 12.4 Å². The van der Waals surface area contributed by atoms with Gasteiger partial charge in [0.05, 0.1) is 5.88 Å². The Morgan fingerprint density at radius 1 is 1.31 bits per heavy atom. The fraction of sp³-hybridized carbons (Fsp3) is 0.909. The van der Waals surface area contributed by atoms with Gasteiger partial charge in [-0.25, -0.2) is 4.68 Å². The summed E-state index contributed by atoms with van der Waals surface area (Å²) >= 11 is 5.77. The van der Waals surface area contributed by atoms with Gasteiger partial charge in [-0.3, -0.25) is 0 Å². The zero-order valence-corrected chi connectivity index (χ0v) is 11.2. The van der Waals surface area contributed by atoms with Gasteiger partial charge in [0.2, 0.25) is 0 Å². The number of hydrogen-bond acceptors (Lipinski definition) is 3. The highest BCUT2D eigenvalue weighted by Gasteiger charge is 2.20. The molecule has 0 aliphatic carbocycles. The SMILES string of the molecule is CCCCCC(C)(C)Cn1nnnc1CCl. The van der Waals surface area contributed by atoms with Crippen molar-refractivity contribution in [2.75, 3.05) is 0 Å². The van der Waals surface area contributed by atoms with Gasteiger partial charge in [-0.2, -0.15) is 0 Å². The van der Waals surface area contributed by atoms with Crippen LogP contribution in [-0.4, -0.2) is 20.2 Å². The zero-order chi connectivity index (χ0) is 12.0. The van der Waals surface area contributed by atoms with Crippen molar-refractivity contribution < 1.29 is 0 Å². The standard InChI is InChI=1S/C11H21ClN4/c1-4-5-6-7-11(2,3)9-16-10(8-12)13-14-15-16/h4-9H2,1-3H3. The molecule has 92 valence electrons. The van der Waals surface area contributed by atoms with Gasteiger partial charge in [0.25, 0.3) is 0 Å². The first-order valence-corrected chi connectivity index (χ1v) is 6.43.